The monoisotopic (exact) mass is 311 g/mol. The van der Waals surface area contributed by atoms with Crippen LogP contribution in [0.1, 0.15) is 12.5 Å². The summed E-state index contributed by atoms with van der Waals surface area (Å²) in [6.45, 7) is 3.27. The van der Waals surface area contributed by atoms with E-state index in [-0.39, 0.29) is 12.5 Å². The van der Waals surface area contributed by atoms with Crippen LogP contribution < -0.4 is 5.32 Å². The van der Waals surface area contributed by atoms with E-state index in [4.69, 9.17) is 0 Å². The zero-order valence-electron chi connectivity index (χ0n) is 12.8. The Kier molecular flexibility index (Phi) is 4.41. The second-order valence-corrected chi connectivity index (χ2v) is 4.99. The summed E-state index contributed by atoms with van der Waals surface area (Å²) in [5.41, 5.74) is 1.82. The summed E-state index contributed by atoms with van der Waals surface area (Å²) in [4.78, 5) is 13.2. The van der Waals surface area contributed by atoms with E-state index in [1.807, 2.05) is 48.1 Å². The zero-order valence-corrected chi connectivity index (χ0v) is 12.8. The predicted octanol–water partition coefficient (Wildman–Crippen LogP) is 0.873. The summed E-state index contributed by atoms with van der Waals surface area (Å²) in [6, 6.07) is 9.51. The van der Waals surface area contributed by atoms with Crippen molar-refractivity contribution in [3.05, 3.63) is 48.3 Å². The SMILES string of the molecule is CCn1cc(CNC(=O)Cn2nnc(-c3ccccc3)n2)cn1. The molecule has 0 fully saturated rings. The van der Waals surface area contributed by atoms with Crippen LogP contribution in [-0.2, 0) is 24.4 Å². The van der Waals surface area contributed by atoms with Gasteiger partial charge in [0.15, 0.2) is 0 Å². The first kappa shape index (κ1) is 14.9. The van der Waals surface area contributed by atoms with Crippen molar-refractivity contribution in [2.24, 2.45) is 0 Å². The summed E-state index contributed by atoms with van der Waals surface area (Å²) < 4.78 is 1.81. The van der Waals surface area contributed by atoms with Crippen LogP contribution in [0.2, 0.25) is 0 Å². The normalized spacial score (nSPS) is 10.7. The third-order valence-corrected chi connectivity index (χ3v) is 3.27. The van der Waals surface area contributed by atoms with Crippen LogP contribution in [0.5, 0.6) is 0 Å². The third-order valence-electron chi connectivity index (χ3n) is 3.27. The minimum atomic E-state index is -0.175. The first-order valence-electron chi connectivity index (χ1n) is 7.36. The van der Waals surface area contributed by atoms with Crippen molar-refractivity contribution in [2.45, 2.75) is 26.6 Å². The summed E-state index contributed by atoms with van der Waals surface area (Å²) in [5, 5.41) is 19.0. The van der Waals surface area contributed by atoms with E-state index in [1.54, 1.807) is 6.20 Å². The number of amides is 1. The van der Waals surface area contributed by atoms with Gasteiger partial charge in [-0.2, -0.15) is 9.90 Å². The molecule has 1 amide bonds. The number of aryl methyl sites for hydroxylation is 1. The molecular formula is C15H17N7O. The maximum Gasteiger partial charge on any atom is 0.243 e. The molecule has 2 heterocycles. The van der Waals surface area contributed by atoms with E-state index in [2.05, 4.69) is 25.8 Å². The molecule has 0 radical (unpaired) electrons. The van der Waals surface area contributed by atoms with Crippen molar-refractivity contribution in [1.29, 1.82) is 0 Å². The molecule has 3 rings (SSSR count). The lowest BCUT2D eigenvalue weighted by atomic mass is 10.2. The van der Waals surface area contributed by atoms with Gasteiger partial charge in [-0.25, -0.2) is 0 Å². The first-order valence-corrected chi connectivity index (χ1v) is 7.36. The number of nitrogens with zero attached hydrogens (tertiary/aromatic N) is 6. The molecule has 118 valence electrons. The van der Waals surface area contributed by atoms with E-state index in [9.17, 15) is 4.79 Å². The number of hydrogen-bond acceptors (Lipinski definition) is 5. The lowest BCUT2D eigenvalue weighted by Gasteiger charge is -2.02. The second-order valence-electron chi connectivity index (χ2n) is 4.99. The molecule has 0 atom stereocenters. The van der Waals surface area contributed by atoms with Crippen molar-refractivity contribution in [1.82, 2.24) is 35.3 Å². The van der Waals surface area contributed by atoms with Crippen molar-refractivity contribution in [2.75, 3.05) is 0 Å². The number of tetrazole rings is 1. The zero-order chi connectivity index (χ0) is 16.1. The van der Waals surface area contributed by atoms with Crippen molar-refractivity contribution < 1.29 is 4.79 Å². The maximum atomic E-state index is 11.9. The van der Waals surface area contributed by atoms with E-state index in [1.165, 1.54) is 4.80 Å². The van der Waals surface area contributed by atoms with Gasteiger partial charge in [-0.15, -0.1) is 10.2 Å². The van der Waals surface area contributed by atoms with E-state index >= 15 is 0 Å². The molecule has 8 nitrogen and oxygen atoms in total. The van der Waals surface area contributed by atoms with E-state index in [0.29, 0.717) is 12.4 Å². The molecule has 1 N–H and O–H groups in total. The average Bonchev–Trinajstić information content (AvgIpc) is 3.23. The molecule has 0 spiro atoms. The van der Waals surface area contributed by atoms with Crippen LogP contribution in [0.3, 0.4) is 0 Å². The topological polar surface area (TPSA) is 90.5 Å². The largest absolute Gasteiger partial charge is 0.350 e. The quantitative estimate of drug-likeness (QED) is 0.729. The van der Waals surface area contributed by atoms with E-state index < -0.39 is 0 Å². The number of nitrogens with one attached hydrogen (secondary N) is 1. The standard InChI is InChI=1S/C15H17N7O/c1-2-21-10-12(9-17-21)8-16-14(23)11-22-19-15(18-20-22)13-6-4-3-5-7-13/h3-7,9-10H,2,8,11H2,1H3,(H,16,23). The molecule has 23 heavy (non-hydrogen) atoms. The molecule has 0 unspecified atom stereocenters. The van der Waals surface area contributed by atoms with Gasteiger partial charge in [0.2, 0.25) is 11.7 Å². The summed E-state index contributed by atoms with van der Waals surface area (Å²) in [5.74, 6) is 0.328. The predicted molar refractivity (Wildman–Crippen MR) is 83.0 cm³/mol. The minimum absolute atomic E-state index is 0.0295. The summed E-state index contributed by atoms with van der Waals surface area (Å²) in [6.07, 6.45) is 3.65. The van der Waals surface area contributed by atoms with Crippen molar-refractivity contribution in [3.8, 4) is 11.4 Å². The number of rotatable bonds is 6. The van der Waals surface area contributed by atoms with Gasteiger partial charge in [0, 0.05) is 30.4 Å². The molecule has 1 aromatic carbocycles. The Labute approximate surface area is 133 Å². The number of benzene rings is 1. The molecular weight excluding hydrogens is 294 g/mol. The van der Waals surface area contributed by atoms with Gasteiger partial charge in [-0.05, 0) is 12.1 Å². The Morgan fingerprint density at radius 2 is 2.09 bits per heavy atom. The highest BCUT2D eigenvalue weighted by molar-refractivity contribution is 5.75. The van der Waals surface area contributed by atoms with Crippen LogP contribution in [-0.4, -0.2) is 35.9 Å². The third kappa shape index (κ3) is 3.79. The van der Waals surface area contributed by atoms with Gasteiger partial charge in [-0.3, -0.25) is 9.48 Å². The Morgan fingerprint density at radius 1 is 1.26 bits per heavy atom. The second kappa shape index (κ2) is 6.82. The van der Waals surface area contributed by atoms with Gasteiger partial charge < -0.3 is 5.32 Å². The van der Waals surface area contributed by atoms with Crippen LogP contribution in [0.4, 0.5) is 0 Å². The van der Waals surface area contributed by atoms with Gasteiger partial charge in [0.25, 0.3) is 0 Å². The molecule has 8 heteroatoms. The first-order chi connectivity index (χ1) is 11.2. The fourth-order valence-electron chi connectivity index (χ4n) is 2.07. The lowest BCUT2D eigenvalue weighted by Crippen LogP contribution is -2.28. The highest BCUT2D eigenvalue weighted by Crippen LogP contribution is 2.11. The van der Waals surface area contributed by atoms with Crippen LogP contribution in [0.25, 0.3) is 11.4 Å². The fourth-order valence-corrected chi connectivity index (χ4v) is 2.07. The summed E-state index contributed by atoms with van der Waals surface area (Å²) in [7, 11) is 0. The molecule has 0 saturated heterocycles. The van der Waals surface area contributed by atoms with Crippen LogP contribution >= 0.6 is 0 Å². The van der Waals surface area contributed by atoms with Gasteiger partial charge in [0.05, 0.1) is 6.20 Å². The molecule has 3 aromatic rings. The average molecular weight is 311 g/mol. The Bertz CT molecular complexity index is 778. The Hall–Kier alpha value is -3.03. The molecule has 0 saturated carbocycles. The molecule has 0 aliphatic rings. The molecule has 0 bridgehead atoms. The van der Waals surface area contributed by atoms with Crippen LogP contribution in [0.15, 0.2) is 42.7 Å². The number of aromatic nitrogens is 6. The van der Waals surface area contributed by atoms with Crippen LogP contribution in [0, 0.1) is 0 Å². The minimum Gasteiger partial charge on any atom is -0.350 e. The maximum absolute atomic E-state index is 11.9. The number of hydrogen-bond donors (Lipinski definition) is 1. The van der Waals surface area contributed by atoms with Crippen molar-refractivity contribution >= 4 is 5.91 Å². The van der Waals surface area contributed by atoms with Gasteiger partial charge in [-0.1, -0.05) is 30.3 Å². The summed E-state index contributed by atoms with van der Waals surface area (Å²) >= 11 is 0. The fraction of sp³-hybridized carbons (Fsp3) is 0.267. The smallest absolute Gasteiger partial charge is 0.243 e. The Balaban J connectivity index is 1.55. The van der Waals surface area contributed by atoms with E-state index in [0.717, 1.165) is 17.7 Å². The lowest BCUT2D eigenvalue weighted by molar-refractivity contribution is -0.122. The Morgan fingerprint density at radius 3 is 2.83 bits per heavy atom. The molecule has 2 aromatic heterocycles. The number of carbonyl (C=O) groups is 1. The molecule has 0 aliphatic carbocycles. The number of carbonyl (C=O) groups excluding carboxylic acids is 1. The van der Waals surface area contributed by atoms with Gasteiger partial charge >= 0.3 is 0 Å². The van der Waals surface area contributed by atoms with Gasteiger partial charge in [0.1, 0.15) is 6.54 Å². The molecule has 0 aliphatic heterocycles. The highest BCUT2D eigenvalue weighted by Gasteiger charge is 2.09. The highest BCUT2D eigenvalue weighted by atomic mass is 16.2. The van der Waals surface area contributed by atoms with Crippen molar-refractivity contribution in [3.63, 3.8) is 0 Å².